The number of nitrogens with zero attached hydrogens (tertiary/aromatic N) is 4. The normalized spacial score (nSPS) is 13.2. The number of carbonyl (C=O) groups excluding carboxylic acids is 2. The van der Waals surface area contributed by atoms with Crippen LogP contribution in [0.5, 0.6) is 11.6 Å². The van der Waals surface area contributed by atoms with E-state index >= 15 is 0 Å². The van der Waals surface area contributed by atoms with Crippen molar-refractivity contribution in [3.05, 3.63) is 96.6 Å². The Morgan fingerprint density at radius 1 is 0.956 bits per heavy atom. The number of alkyl halides is 3. The first-order chi connectivity index (χ1) is 21.6. The molecular weight excluding hydrogens is 605 g/mol. The Bertz CT molecular complexity index is 1860. The number of amides is 3. The van der Waals surface area contributed by atoms with E-state index in [9.17, 15) is 22.8 Å². The molecule has 1 aliphatic rings. The molecule has 45 heavy (non-hydrogen) atoms. The number of benzene rings is 2. The van der Waals surface area contributed by atoms with Crippen LogP contribution in [-0.2, 0) is 11.0 Å². The van der Waals surface area contributed by atoms with Crippen LogP contribution in [0.3, 0.4) is 0 Å². The van der Waals surface area contributed by atoms with Gasteiger partial charge in [0, 0.05) is 48.7 Å². The van der Waals surface area contributed by atoms with Gasteiger partial charge in [0.1, 0.15) is 5.75 Å². The number of aromatic nitrogens is 3. The van der Waals surface area contributed by atoms with Crippen molar-refractivity contribution in [3.63, 3.8) is 0 Å². The molecule has 0 radical (unpaired) electrons. The third-order valence-corrected chi connectivity index (χ3v) is 8.13. The predicted octanol–water partition coefficient (Wildman–Crippen LogP) is 8.16. The molecular formula is C32H25F3N6O3S. The van der Waals surface area contributed by atoms with Gasteiger partial charge in [-0.15, -0.1) is 0 Å². The highest BCUT2D eigenvalue weighted by Gasteiger charge is 2.31. The highest BCUT2D eigenvalue weighted by molar-refractivity contribution is 7.19. The second-order valence-corrected chi connectivity index (χ2v) is 11.2. The fourth-order valence-electron chi connectivity index (χ4n) is 4.77. The largest absolute Gasteiger partial charge is 0.439 e. The van der Waals surface area contributed by atoms with Gasteiger partial charge in [-0.3, -0.25) is 14.7 Å². The number of rotatable bonds is 7. The molecule has 9 nitrogen and oxygen atoms in total. The zero-order valence-corrected chi connectivity index (χ0v) is 24.6. The van der Waals surface area contributed by atoms with Crippen molar-refractivity contribution in [2.24, 2.45) is 0 Å². The van der Waals surface area contributed by atoms with Crippen molar-refractivity contribution in [3.8, 4) is 33.2 Å². The molecule has 2 N–H and O–H groups in total. The van der Waals surface area contributed by atoms with Gasteiger partial charge in [0.25, 0.3) is 0 Å². The standard InChI is InChI=1S/C32H25F3N6O3S/c1-19-14-28(44-23-9-6-20(7-10-23)27-18-38-31(45-27)41-13-3-5-29(41)42)37-17-26(19)40-30(43)39-25-15-22(32(33,34)35)8-11-24(25)21-4-2-12-36-16-21/h2,4,6-12,14-18H,3,5,13H2,1H3,(H2,39,40,43). The maximum atomic E-state index is 13.4. The zero-order valence-electron chi connectivity index (χ0n) is 23.8. The van der Waals surface area contributed by atoms with Gasteiger partial charge < -0.3 is 15.4 Å². The summed E-state index contributed by atoms with van der Waals surface area (Å²) in [5.41, 5.74) is 1.91. The quantitative estimate of drug-likeness (QED) is 0.188. The summed E-state index contributed by atoms with van der Waals surface area (Å²) in [7, 11) is 0. The van der Waals surface area contributed by atoms with E-state index in [-0.39, 0.29) is 17.5 Å². The van der Waals surface area contributed by atoms with Gasteiger partial charge in [-0.05, 0) is 66.9 Å². The number of nitrogens with one attached hydrogen (secondary N) is 2. The molecule has 0 unspecified atom stereocenters. The van der Waals surface area contributed by atoms with Gasteiger partial charge in [-0.2, -0.15) is 13.2 Å². The molecule has 6 rings (SSSR count). The smallest absolute Gasteiger partial charge is 0.416 e. The van der Waals surface area contributed by atoms with E-state index in [1.807, 2.05) is 12.1 Å². The van der Waals surface area contributed by atoms with Crippen molar-refractivity contribution >= 4 is 39.8 Å². The van der Waals surface area contributed by atoms with Crippen LogP contribution < -0.4 is 20.3 Å². The molecule has 0 saturated carbocycles. The number of thiazole rings is 1. The number of hydrogen-bond donors (Lipinski definition) is 2. The average Bonchev–Trinajstić information content (AvgIpc) is 3.68. The minimum Gasteiger partial charge on any atom is -0.439 e. The maximum Gasteiger partial charge on any atom is 0.416 e. The van der Waals surface area contributed by atoms with Gasteiger partial charge in [0.15, 0.2) is 5.13 Å². The van der Waals surface area contributed by atoms with E-state index in [1.54, 1.807) is 54.5 Å². The zero-order chi connectivity index (χ0) is 31.6. The molecule has 1 saturated heterocycles. The second-order valence-electron chi connectivity index (χ2n) is 10.2. The molecule has 0 atom stereocenters. The third kappa shape index (κ3) is 6.78. The average molecular weight is 631 g/mol. The van der Waals surface area contributed by atoms with Crippen molar-refractivity contribution in [2.75, 3.05) is 22.1 Å². The lowest BCUT2D eigenvalue weighted by Gasteiger charge is -2.16. The van der Waals surface area contributed by atoms with Crippen LogP contribution in [-0.4, -0.2) is 33.4 Å². The Labute approximate surface area is 259 Å². The van der Waals surface area contributed by atoms with Crippen LogP contribution in [0.4, 0.5) is 34.5 Å². The minimum absolute atomic E-state index is 0.0246. The summed E-state index contributed by atoms with van der Waals surface area (Å²) in [6, 6.07) is 14.7. The van der Waals surface area contributed by atoms with Gasteiger partial charge in [0.05, 0.1) is 28.0 Å². The number of anilines is 3. The number of ether oxygens (including phenoxy) is 1. The van der Waals surface area contributed by atoms with Crippen molar-refractivity contribution in [2.45, 2.75) is 25.9 Å². The second kappa shape index (κ2) is 12.4. The molecule has 0 spiro atoms. The first kappa shape index (κ1) is 29.8. The molecule has 5 aromatic rings. The van der Waals surface area contributed by atoms with Gasteiger partial charge in [0.2, 0.25) is 11.8 Å². The Morgan fingerprint density at radius 2 is 1.76 bits per heavy atom. The van der Waals surface area contributed by atoms with Crippen LogP contribution in [0.25, 0.3) is 21.6 Å². The molecule has 13 heteroatoms. The van der Waals surface area contributed by atoms with Crippen LogP contribution in [0.15, 0.2) is 85.5 Å². The summed E-state index contributed by atoms with van der Waals surface area (Å²) in [5.74, 6) is 0.918. The summed E-state index contributed by atoms with van der Waals surface area (Å²) in [5, 5.41) is 5.87. The number of hydrogen-bond acceptors (Lipinski definition) is 7. The first-order valence-electron chi connectivity index (χ1n) is 13.8. The van der Waals surface area contributed by atoms with Crippen LogP contribution in [0, 0.1) is 6.92 Å². The lowest BCUT2D eigenvalue weighted by atomic mass is 10.0. The Kier molecular flexibility index (Phi) is 8.18. The van der Waals surface area contributed by atoms with Crippen LogP contribution in [0.2, 0.25) is 0 Å². The summed E-state index contributed by atoms with van der Waals surface area (Å²) < 4.78 is 46.2. The molecule has 1 fully saturated rings. The number of urea groups is 1. The molecule has 0 aliphatic carbocycles. The van der Waals surface area contributed by atoms with E-state index in [0.717, 1.165) is 29.0 Å². The number of halogens is 3. The summed E-state index contributed by atoms with van der Waals surface area (Å²) in [4.78, 5) is 40.3. The lowest BCUT2D eigenvalue weighted by molar-refractivity contribution is -0.137. The fraction of sp³-hybridized carbons (Fsp3) is 0.156. The monoisotopic (exact) mass is 630 g/mol. The highest BCUT2D eigenvalue weighted by atomic mass is 32.1. The van der Waals surface area contributed by atoms with E-state index < -0.39 is 17.8 Å². The number of pyridine rings is 2. The van der Waals surface area contributed by atoms with Crippen LogP contribution in [0.1, 0.15) is 24.0 Å². The highest BCUT2D eigenvalue weighted by Crippen LogP contribution is 2.37. The van der Waals surface area contributed by atoms with Crippen LogP contribution >= 0.6 is 11.3 Å². The van der Waals surface area contributed by atoms with Gasteiger partial charge >= 0.3 is 12.2 Å². The third-order valence-electron chi connectivity index (χ3n) is 7.06. The van der Waals surface area contributed by atoms with E-state index in [2.05, 4.69) is 25.6 Å². The maximum absolute atomic E-state index is 13.4. The number of carbonyl (C=O) groups is 2. The van der Waals surface area contributed by atoms with E-state index in [4.69, 9.17) is 4.74 Å². The van der Waals surface area contributed by atoms with Gasteiger partial charge in [-0.1, -0.05) is 23.5 Å². The minimum atomic E-state index is -4.59. The topological polar surface area (TPSA) is 109 Å². The molecule has 3 amide bonds. The molecule has 4 heterocycles. The van der Waals surface area contributed by atoms with Crippen molar-refractivity contribution < 1.29 is 27.5 Å². The van der Waals surface area contributed by atoms with E-state index in [0.29, 0.717) is 46.2 Å². The Hall–Kier alpha value is -5.30. The Balaban J connectivity index is 1.12. The molecule has 3 aromatic heterocycles. The first-order valence-corrected chi connectivity index (χ1v) is 14.7. The fourth-order valence-corrected chi connectivity index (χ4v) is 5.74. The van der Waals surface area contributed by atoms with Crippen molar-refractivity contribution in [1.29, 1.82) is 0 Å². The lowest BCUT2D eigenvalue weighted by Crippen LogP contribution is -2.23. The molecule has 0 bridgehead atoms. The van der Waals surface area contributed by atoms with Crippen molar-refractivity contribution in [1.82, 2.24) is 15.0 Å². The number of aryl methyl sites for hydroxylation is 1. The SMILES string of the molecule is Cc1cc(Oc2ccc(-c3cnc(N4CCCC4=O)s3)cc2)ncc1NC(=O)Nc1cc(C(F)(F)F)ccc1-c1cccnc1. The predicted molar refractivity (Wildman–Crippen MR) is 166 cm³/mol. The van der Waals surface area contributed by atoms with E-state index in [1.165, 1.54) is 29.8 Å². The molecule has 1 aliphatic heterocycles. The summed E-state index contributed by atoms with van der Waals surface area (Å²) in [6.07, 6.45) is 3.00. The summed E-state index contributed by atoms with van der Waals surface area (Å²) in [6.45, 7) is 2.43. The Morgan fingerprint density at radius 3 is 2.44 bits per heavy atom. The van der Waals surface area contributed by atoms with Gasteiger partial charge in [-0.25, -0.2) is 14.8 Å². The summed E-state index contributed by atoms with van der Waals surface area (Å²) >= 11 is 1.46. The molecule has 228 valence electrons. The molecule has 2 aromatic carbocycles.